The van der Waals surface area contributed by atoms with Crippen molar-refractivity contribution in [3.8, 4) is 0 Å². The largest absolute Gasteiger partial charge is 0.352 e. The summed E-state index contributed by atoms with van der Waals surface area (Å²) in [5.74, 6) is -0.492. The number of hydrogen-bond acceptors (Lipinski definition) is 4. The minimum atomic E-state index is -0.600. The summed E-state index contributed by atoms with van der Waals surface area (Å²) < 4.78 is 0. The van der Waals surface area contributed by atoms with E-state index in [1.165, 1.54) is 0 Å². The number of H-pyrrole nitrogens is 1. The molecule has 120 valence electrons. The van der Waals surface area contributed by atoms with Crippen LogP contribution in [0.3, 0.4) is 0 Å². The third-order valence-corrected chi connectivity index (χ3v) is 3.80. The summed E-state index contributed by atoms with van der Waals surface area (Å²) in [4.78, 5) is 35.7. The van der Waals surface area contributed by atoms with Gasteiger partial charge in [0.1, 0.15) is 6.04 Å². The summed E-state index contributed by atoms with van der Waals surface area (Å²) in [5, 5.41) is 13.0. The molecule has 0 aliphatic heterocycles. The van der Waals surface area contributed by atoms with Crippen LogP contribution in [0.15, 0.2) is 29.1 Å². The number of nitrogens with one attached hydrogen (secondary N) is 3. The zero-order chi connectivity index (χ0) is 16.4. The smallest absolute Gasteiger partial charge is 0.272 e. The Hall–Kier alpha value is -2.70. The molecule has 1 aliphatic rings. The van der Waals surface area contributed by atoms with Crippen molar-refractivity contribution in [3.63, 3.8) is 0 Å². The van der Waals surface area contributed by atoms with Crippen molar-refractivity contribution in [2.24, 2.45) is 0 Å². The van der Waals surface area contributed by atoms with Gasteiger partial charge in [-0.1, -0.05) is 18.2 Å². The Kier molecular flexibility index (Phi) is 4.10. The van der Waals surface area contributed by atoms with Gasteiger partial charge >= 0.3 is 0 Å². The average Bonchev–Trinajstić information content (AvgIpc) is 3.34. The third kappa shape index (κ3) is 3.56. The summed E-state index contributed by atoms with van der Waals surface area (Å²) in [7, 11) is 0. The molecule has 7 nitrogen and oxygen atoms in total. The summed E-state index contributed by atoms with van der Waals surface area (Å²) in [6, 6.07) is 6.64. The fraction of sp³-hybridized carbons (Fsp3) is 0.375. The van der Waals surface area contributed by atoms with Crippen molar-refractivity contribution in [1.82, 2.24) is 20.8 Å². The molecule has 0 unspecified atom stereocenters. The second kappa shape index (κ2) is 6.20. The molecule has 1 atom stereocenters. The van der Waals surface area contributed by atoms with Gasteiger partial charge in [0.05, 0.1) is 17.5 Å². The van der Waals surface area contributed by atoms with E-state index in [1.54, 1.807) is 31.2 Å². The monoisotopic (exact) mass is 314 g/mol. The van der Waals surface area contributed by atoms with Crippen LogP contribution in [0, 0.1) is 0 Å². The van der Waals surface area contributed by atoms with E-state index in [1.807, 2.05) is 0 Å². The molecule has 1 aromatic carbocycles. The molecule has 2 amide bonds. The van der Waals surface area contributed by atoms with Gasteiger partial charge in [-0.15, -0.1) is 0 Å². The first-order valence-corrected chi connectivity index (χ1v) is 7.60. The van der Waals surface area contributed by atoms with Gasteiger partial charge < -0.3 is 10.6 Å². The number of amides is 2. The maximum atomic E-state index is 12.1. The molecule has 0 bridgehead atoms. The van der Waals surface area contributed by atoms with Crippen LogP contribution in [0.5, 0.6) is 0 Å². The Morgan fingerprint density at radius 3 is 2.70 bits per heavy atom. The molecular formula is C16H18N4O3. The number of rotatable bonds is 5. The number of nitrogens with zero attached hydrogens (tertiary/aromatic N) is 1. The second-order valence-electron chi connectivity index (χ2n) is 5.79. The maximum Gasteiger partial charge on any atom is 0.272 e. The van der Waals surface area contributed by atoms with Crippen molar-refractivity contribution in [2.45, 2.75) is 38.3 Å². The molecule has 1 heterocycles. The van der Waals surface area contributed by atoms with Crippen LogP contribution >= 0.6 is 0 Å². The molecule has 1 fully saturated rings. The van der Waals surface area contributed by atoms with Crippen LogP contribution in [-0.2, 0) is 16.0 Å². The van der Waals surface area contributed by atoms with Crippen molar-refractivity contribution in [1.29, 1.82) is 0 Å². The Bertz CT molecular complexity index is 810. The van der Waals surface area contributed by atoms with E-state index in [0.717, 1.165) is 12.8 Å². The number of carbonyl (C=O) groups is 2. The summed E-state index contributed by atoms with van der Waals surface area (Å²) >= 11 is 0. The van der Waals surface area contributed by atoms with Crippen molar-refractivity contribution in [2.75, 3.05) is 0 Å². The lowest BCUT2D eigenvalue weighted by Crippen LogP contribution is -2.46. The summed E-state index contributed by atoms with van der Waals surface area (Å²) in [6.45, 7) is 1.65. The highest BCUT2D eigenvalue weighted by atomic mass is 16.2. The van der Waals surface area contributed by atoms with Gasteiger partial charge in [0.15, 0.2) is 0 Å². The molecule has 0 saturated heterocycles. The fourth-order valence-corrected chi connectivity index (χ4v) is 2.37. The molecular weight excluding hydrogens is 296 g/mol. The number of benzene rings is 1. The van der Waals surface area contributed by atoms with E-state index < -0.39 is 6.04 Å². The number of hydrogen-bond donors (Lipinski definition) is 3. The zero-order valence-electron chi connectivity index (χ0n) is 12.8. The Morgan fingerprint density at radius 2 is 2.00 bits per heavy atom. The number of aromatic nitrogens is 2. The quantitative estimate of drug-likeness (QED) is 0.736. The maximum absolute atomic E-state index is 12.1. The minimum Gasteiger partial charge on any atom is -0.352 e. The molecule has 3 N–H and O–H groups in total. The number of aromatic amines is 1. The van der Waals surface area contributed by atoms with E-state index in [-0.39, 0.29) is 29.8 Å². The summed E-state index contributed by atoms with van der Waals surface area (Å²) in [5.41, 5.74) is 0.189. The van der Waals surface area contributed by atoms with Crippen molar-refractivity contribution < 1.29 is 9.59 Å². The van der Waals surface area contributed by atoms with Gasteiger partial charge in [-0.3, -0.25) is 14.4 Å². The van der Waals surface area contributed by atoms with Crippen LogP contribution in [0.2, 0.25) is 0 Å². The molecule has 1 aromatic heterocycles. The molecule has 2 aromatic rings. The lowest BCUT2D eigenvalue weighted by Gasteiger charge is -2.14. The molecule has 1 saturated carbocycles. The minimum absolute atomic E-state index is 0.00164. The van der Waals surface area contributed by atoms with Gasteiger partial charge in [0.2, 0.25) is 11.8 Å². The highest BCUT2D eigenvalue weighted by molar-refractivity contribution is 5.91. The van der Waals surface area contributed by atoms with Crippen molar-refractivity contribution >= 4 is 22.6 Å². The second-order valence-corrected chi connectivity index (χ2v) is 5.79. The first-order chi connectivity index (χ1) is 11.0. The average molecular weight is 314 g/mol. The standard InChI is InChI=1S/C16H18N4O3/c1-9(15(22)18-10-6-7-10)17-14(21)8-13-11-4-2-3-5-12(11)16(23)20-19-13/h2-5,9-10H,6-8H2,1H3,(H,17,21)(H,18,22)(H,20,23)/t9-/m0/s1. The number of carbonyl (C=O) groups excluding carboxylic acids is 2. The van der Waals surface area contributed by atoms with Gasteiger partial charge in [-0.25, -0.2) is 5.10 Å². The molecule has 7 heteroatoms. The molecule has 0 radical (unpaired) electrons. The normalized spacial score (nSPS) is 15.2. The predicted octanol–water partition coefficient (Wildman–Crippen LogP) is 0.249. The molecule has 23 heavy (non-hydrogen) atoms. The Morgan fingerprint density at radius 1 is 1.30 bits per heavy atom. The van der Waals surface area contributed by atoms with E-state index in [9.17, 15) is 14.4 Å². The van der Waals surface area contributed by atoms with Crippen LogP contribution in [0.4, 0.5) is 0 Å². The SMILES string of the molecule is C[C@H](NC(=O)Cc1n[nH]c(=O)c2ccccc12)C(=O)NC1CC1. The van der Waals surface area contributed by atoms with E-state index >= 15 is 0 Å². The van der Waals surface area contributed by atoms with Gasteiger partial charge in [-0.05, 0) is 25.8 Å². The topological polar surface area (TPSA) is 104 Å². The Labute approximate surface area is 132 Å². The fourth-order valence-electron chi connectivity index (χ4n) is 2.37. The van der Waals surface area contributed by atoms with E-state index in [2.05, 4.69) is 20.8 Å². The van der Waals surface area contributed by atoms with Crippen molar-refractivity contribution in [3.05, 3.63) is 40.3 Å². The molecule has 3 rings (SSSR count). The third-order valence-electron chi connectivity index (χ3n) is 3.80. The van der Waals surface area contributed by atoms with Crippen LogP contribution in [0.25, 0.3) is 10.8 Å². The lowest BCUT2D eigenvalue weighted by molar-refractivity contribution is -0.128. The first-order valence-electron chi connectivity index (χ1n) is 7.60. The van der Waals surface area contributed by atoms with Gasteiger partial charge in [0, 0.05) is 11.4 Å². The zero-order valence-corrected chi connectivity index (χ0v) is 12.8. The van der Waals surface area contributed by atoms with E-state index in [0.29, 0.717) is 16.5 Å². The number of fused-ring (bicyclic) bond motifs is 1. The van der Waals surface area contributed by atoms with E-state index in [4.69, 9.17) is 0 Å². The Balaban J connectivity index is 1.69. The van der Waals surface area contributed by atoms with Crippen LogP contribution in [0.1, 0.15) is 25.5 Å². The predicted molar refractivity (Wildman–Crippen MR) is 84.8 cm³/mol. The van der Waals surface area contributed by atoms with Crippen LogP contribution < -0.4 is 16.2 Å². The van der Waals surface area contributed by atoms with Gasteiger partial charge in [0.25, 0.3) is 5.56 Å². The first kappa shape index (κ1) is 15.2. The highest BCUT2D eigenvalue weighted by Crippen LogP contribution is 2.18. The van der Waals surface area contributed by atoms with Gasteiger partial charge in [-0.2, -0.15) is 5.10 Å². The highest BCUT2D eigenvalue weighted by Gasteiger charge is 2.26. The summed E-state index contributed by atoms with van der Waals surface area (Å²) in [6.07, 6.45) is 2.00. The molecule has 0 spiro atoms. The molecule has 1 aliphatic carbocycles. The van der Waals surface area contributed by atoms with Crippen LogP contribution in [-0.4, -0.2) is 34.1 Å². The lowest BCUT2D eigenvalue weighted by atomic mass is 10.1.